The van der Waals surface area contributed by atoms with E-state index < -0.39 is 0 Å². The highest BCUT2D eigenvalue weighted by Gasteiger charge is 1.95. The summed E-state index contributed by atoms with van der Waals surface area (Å²) in [5, 5.41) is 0. The number of hydrogen-bond donors (Lipinski definition) is 0. The molecule has 2 heterocycles. The standard InChI is InChI=1S/C7H5IN2/c8-10-5-3-6-7(10)2-1-4-9-6/h1-5H. The Bertz CT molecular complexity index is 353. The van der Waals surface area contributed by atoms with Crippen LogP contribution in [0.2, 0.25) is 0 Å². The number of nitrogens with zero attached hydrogens (tertiary/aromatic N) is 2. The lowest BCUT2D eigenvalue weighted by molar-refractivity contribution is 1.39. The van der Waals surface area contributed by atoms with E-state index in [4.69, 9.17) is 0 Å². The van der Waals surface area contributed by atoms with Gasteiger partial charge in [-0.3, -0.25) is 7.76 Å². The fourth-order valence-electron chi connectivity index (χ4n) is 0.934. The topological polar surface area (TPSA) is 17.8 Å². The maximum atomic E-state index is 4.18. The van der Waals surface area contributed by atoms with E-state index in [-0.39, 0.29) is 0 Å². The summed E-state index contributed by atoms with van der Waals surface area (Å²) >= 11 is 2.23. The van der Waals surface area contributed by atoms with Crippen LogP contribution < -0.4 is 0 Å². The molecule has 0 radical (unpaired) electrons. The molecule has 0 aliphatic heterocycles. The van der Waals surface area contributed by atoms with Crippen LogP contribution in [0.25, 0.3) is 11.0 Å². The van der Waals surface area contributed by atoms with E-state index in [1.165, 1.54) is 5.52 Å². The Morgan fingerprint density at radius 3 is 3.10 bits per heavy atom. The molecule has 0 amide bonds. The molecule has 0 aliphatic rings. The molecule has 0 spiro atoms. The predicted octanol–water partition coefficient (Wildman–Crippen LogP) is 2.23. The second-order valence-corrected chi connectivity index (χ2v) is 3.07. The van der Waals surface area contributed by atoms with Crippen LogP contribution >= 0.6 is 22.9 Å². The van der Waals surface area contributed by atoms with Crippen molar-refractivity contribution in [3.8, 4) is 0 Å². The molecular weight excluding hydrogens is 239 g/mol. The number of aromatic nitrogens is 2. The molecular formula is C7H5IN2. The van der Waals surface area contributed by atoms with Crippen LogP contribution in [-0.4, -0.2) is 7.76 Å². The maximum Gasteiger partial charge on any atom is 0.0888 e. The lowest BCUT2D eigenvalue weighted by Gasteiger charge is -1.89. The number of hydrogen-bond acceptors (Lipinski definition) is 1. The van der Waals surface area contributed by atoms with Gasteiger partial charge in [-0.1, -0.05) is 0 Å². The molecule has 0 fully saturated rings. The molecule has 0 aliphatic carbocycles. The highest BCUT2D eigenvalue weighted by Crippen LogP contribution is 2.13. The van der Waals surface area contributed by atoms with Crippen LogP contribution in [0.1, 0.15) is 0 Å². The Hall–Kier alpha value is -0.580. The third-order valence-electron chi connectivity index (χ3n) is 1.41. The van der Waals surface area contributed by atoms with E-state index in [1.54, 1.807) is 6.20 Å². The Kier molecular flexibility index (Phi) is 1.37. The molecule has 0 bridgehead atoms. The Balaban J connectivity index is 2.93. The monoisotopic (exact) mass is 244 g/mol. The molecule has 0 aromatic carbocycles. The van der Waals surface area contributed by atoms with Crippen molar-refractivity contribution >= 4 is 33.9 Å². The molecule has 0 saturated heterocycles. The minimum Gasteiger partial charge on any atom is -0.288 e. The second kappa shape index (κ2) is 2.23. The summed E-state index contributed by atoms with van der Waals surface area (Å²) in [7, 11) is 0. The minimum atomic E-state index is 1.05. The lowest BCUT2D eigenvalue weighted by atomic mass is 10.4. The fourth-order valence-corrected chi connectivity index (χ4v) is 1.50. The number of fused-ring (bicyclic) bond motifs is 1. The zero-order valence-corrected chi connectivity index (χ0v) is 7.32. The summed E-state index contributed by atoms with van der Waals surface area (Å²) < 4.78 is 2.03. The first kappa shape index (κ1) is 6.15. The summed E-state index contributed by atoms with van der Waals surface area (Å²) in [5.74, 6) is 0. The molecule has 2 rings (SSSR count). The third kappa shape index (κ3) is 0.811. The molecule has 0 unspecified atom stereocenters. The van der Waals surface area contributed by atoms with Crippen molar-refractivity contribution in [1.29, 1.82) is 0 Å². The van der Waals surface area contributed by atoms with Gasteiger partial charge in [0, 0.05) is 12.4 Å². The van der Waals surface area contributed by atoms with Crippen LogP contribution in [0.5, 0.6) is 0 Å². The molecule has 0 atom stereocenters. The number of rotatable bonds is 0. The quantitative estimate of drug-likeness (QED) is 0.650. The van der Waals surface area contributed by atoms with Gasteiger partial charge in [-0.2, -0.15) is 0 Å². The van der Waals surface area contributed by atoms with Gasteiger partial charge in [-0.25, -0.2) is 0 Å². The third-order valence-corrected chi connectivity index (χ3v) is 2.25. The van der Waals surface area contributed by atoms with Gasteiger partial charge in [0.25, 0.3) is 0 Å². The fraction of sp³-hybridized carbons (Fsp3) is 0. The zero-order valence-electron chi connectivity index (χ0n) is 5.16. The normalized spacial score (nSPS) is 10.5. The van der Waals surface area contributed by atoms with E-state index in [1.807, 2.05) is 21.1 Å². The molecule has 50 valence electrons. The second-order valence-electron chi connectivity index (χ2n) is 2.03. The molecule has 2 aromatic rings. The predicted molar refractivity (Wildman–Crippen MR) is 49.2 cm³/mol. The molecule has 0 saturated carbocycles. The first-order valence-electron chi connectivity index (χ1n) is 2.96. The summed E-state index contributed by atoms with van der Waals surface area (Å²) in [6.07, 6.45) is 3.80. The van der Waals surface area contributed by atoms with Crippen molar-refractivity contribution in [2.24, 2.45) is 0 Å². The van der Waals surface area contributed by atoms with Crippen LogP contribution in [0.15, 0.2) is 30.6 Å². The van der Waals surface area contributed by atoms with Crippen molar-refractivity contribution in [3.63, 3.8) is 0 Å². The first-order chi connectivity index (χ1) is 4.88. The van der Waals surface area contributed by atoms with E-state index in [0.29, 0.717) is 0 Å². The highest BCUT2D eigenvalue weighted by molar-refractivity contribution is 14.1. The molecule has 2 nitrogen and oxygen atoms in total. The average molecular weight is 244 g/mol. The van der Waals surface area contributed by atoms with Crippen LogP contribution in [0.4, 0.5) is 0 Å². The summed E-state index contributed by atoms with van der Waals surface area (Å²) in [6.45, 7) is 0. The summed E-state index contributed by atoms with van der Waals surface area (Å²) in [4.78, 5) is 4.18. The van der Waals surface area contributed by atoms with Gasteiger partial charge in [0.1, 0.15) is 0 Å². The van der Waals surface area contributed by atoms with Crippen LogP contribution in [-0.2, 0) is 0 Å². The van der Waals surface area contributed by atoms with E-state index in [9.17, 15) is 0 Å². The average Bonchev–Trinajstić information content (AvgIpc) is 2.34. The van der Waals surface area contributed by atoms with Gasteiger partial charge in [-0.15, -0.1) is 0 Å². The first-order valence-corrected chi connectivity index (χ1v) is 3.92. The highest BCUT2D eigenvalue weighted by atomic mass is 127. The Morgan fingerprint density at radius 2 is 2.30 bits per heavy atom. The lowest BCUT2D eigenvalue weighted by Crippen LogP contribution is -1.75. The van der Waals surface area contributed by atoms with Gasteiger partial charge >= 0.3 is 0 Å². The molecule has 3 heteroatoms. The minimum absolute atomic E-state index is 1.05. The zero-order chi connectivity index (χ0) is 6.97. The van der Waals surface area contributed by atoms with Crippen molar-refractivity contribution in [2.45, 2.75) is 0 Å². The van der Waals surface area contributed by atoms with Crippen molar-refractivity contribution in [2.75, 3.05) is 0 Å². The summed E-state index contributed by atoms with van der Waals surface area (Å²) in [5.41, 5.74) is 2.22. The SMILES string of the molecule is In1ccc2ncccc21. The van der Waals surface area contributed by atoms with Crippen LogP contribution in [0.3, 0.4) is 0 Å². The smallest absolute Gasteiger partial charge is 0.0888 e. The van der Waals surface area contributed by atoms with Crippen molar-refractivity contribution in [1.82, 2.24) is 7.76 Å². The van der Waals surface area contributed by atoms with E-state index in [2.05, 4.69) is 33.9 Å². The van der Waals surface area contributed by atoms with Gasteiger partial charge < -0.3 is 0 Å². The summed E-state index contributed by atoms with van der Waals surface area (Å²) in [6, 6.07) is 5.99. The number of pyridine rings is 1. The van der Waals surface area contributed by atoms with E-state index in [0.717, 1.165) is 5.52 Å². The molecule has 0 N–H and O–H groups in total. The van der Waals surface area contributed by atoms with Gasteiger partial charge in [-0.05, 0) is 18.2 Å². The largest absolute Gasteiger partial charge is 0.288 e. The Labute approximate surface area is 72.4 Å². The van der Waals surface area contributed by atoms with Crippen LogP contribution in [0, 0.1) is 0 Å². The molecule has 10 heavy (non-hydrogen) atoms. The van der Waals surface area contributed by atoms with Gasteiger partial charge in [0.2, 0.25) is 0 Å². The molecule has 2 aromatic heterocycles. The Morgan fingerprint density at radius 1 is 1.40 bits per heavy atom. The number of halogens is 1. The maximum absolute atomic E-state index is 4.18. The van der Waals surface area contributed by atoms with Gasteiger partial charge in [0.15, 0.2) is 0 Å². The van der Waals surface area contributed by atoms with Gasteiger partial charge in [0.05, 0.1) is 33.9 Å². The van der Waals surface area contributed by atoms with E-state index >= 15 is 0 Å². The van der Waals surface area contributed by atoms with Crippen molar-refractivity contribution in [3.05, 3.63) is 30.6 Å². The van der Waals surface area contributed by atoms with Crippen molar-refractivity contribution < 1.29 is 0 Å².